The second kappa shape index (κ2) is 27.8. The molecule has 8 heterocycles. The van der Waals surface area contributed by atoms with Gasteiger partial charge in [0.2, 0.25) is 0 Å². The molecule has 6 unspecified atom stereocenters. The molecule has 31 heteroatoms. The fourth-order valence-electron chi connectivity index (χ4n) is 18.4. The van der Waals surface area contributed by atoms with Gasteiger partial charge in [-0.1, -0.05) is 27.7 Å². The van der Waals surface area contributed by atoms with E-state index in [1.807, 2.05) is 0 Å². The first-order valence-corrected chi connectivity index (χ1v) is 33.4. The Morgan fingerprint density at radius 2 is 1.01 bits per heavy atom. The smallest absolute Gasteiger partial charge is 0.187 e. The number of aliphatic hydroxyl groups is 16. The lowest BCUT2D eigenvalue weighted by atomic mass is 9.44. The van der Waals surface area contributed by atoms with Gasteiger partial charge in [0.05, 0.1) is 57.5 Å². The predicted octanol–water partition coefficient (Wildman–Crippen LogP) is -5.39. The Hall–Kier alpha value is -1.53. The molecule has 0 aromatic heterocycles. The quantitative estimate of drug-likeness (QED) is 0.0681. The minimum absolute atomic E-state index is 0.0299. The van der Waals surface area contributed by atoms with E-state index in [1.54, 1.807) is 0 Å². The van der Waals surface area contributed by atoms with Gasteiger partial charge >= 0.3 is 0 Å². The fourth-order valence-corrected chi connectivity index (χ4v) is 18.4. The van der Waals surface area contributed by atoms with Crippen molar-refractivity contribution >= 4 is 5.78 Å². The standard InChI is InChI=1S/C62H100O31/c1-21-9-12-62(81-19-21)22(2)36-31(93-62)14-29-27-8-7-25-13-26(10-11-60(25,5)28(27)15-35(67)61(29,36)6)84-57-47(78)42(73)50(33(17-64)86-57)89-58-48(79)43(74)51(34(18-65)87-58)90-59-53(92-54-44(75)38(69)30(66)20-80-54)52(39(70)32(16-63)85-59)91-56-46(77)41(72)49(24(4)83-56)88-55-45(76)40(71)37(68)23(3)82-55/h21-34,36-59,63-66,68-79H,7-20H2,1-6H3/t21-,22+,23-,24-,25+,26+,27?,28?,29?,30-,31?,32-,33-,34-,36?,37-,38+,39-,40+,41-,42-,43-,44-,45+,46+,47-,48-,49-,50+,51-,52+,53-,54-,55-,56-,57-,58-,59+,60+,61-,62?/m1/s1. The minimum atomic E-state index is -2.15. The maximum absolute atomic E-state index is 14.8. The van der Waals surface area contributed by atoms with Gasteiger partial charge in [-0.3, -0.25) is 4.79 Å². The second-order valence-corrected chi connectivity index (χ2v) is 29.3. The Bertz CT molecular complexity index is 2520. The number of fused-ring (bicyclic) bond motifs is 7. The van der Waals surface area contributed by atoms with Gasteiger partial charge in [0, 0.05) is 30.1 Å². The first kappa shape index (κ1) is 71.3. The summed E-state index contributed by atoms with van der Waals surface area (Å²) in [5, 5.41) is 177. The number of carbonyl (C=O) groups excluding carboxylic acids is 1. The van der Waals surface area contributed by atoms with E-state index in [4.69, 9.17) is 66.3 Å². The molecule has 12 rings (SSSR count). The van der Waals surface area contributed by atoms with Crippen LogP contribution in [-0.4, -0.2) is 317 Å². The van der Waals surface area contributed by atoms with Gasteiger partial charge in [-0.25, -0.2) is 0 Å². The molecule has 8 saturated heterocycles. The second-order valence-electron chi connectivity index (χ2n) is 29.3. The summed E-state index contributed by atoms with van der Waals surface area (Å²) < 4.78 is 85.0. The van der Waals surface area contributed by atoms with Crippen LogP contribution in [0.2, 0.25) is 0 Å². The van der Waals surface area contributed by atoms with E-state index in [0.717, 1.165) is 38.5 Å². The SMILES string of the molecule is C[C@@H]1CCC2(OC1)OC1CC3C4CC[C@H]5C[C@@H](O[C@@H]6O[C@H](CO)[C@H](O[C@H]7O[C@H](CO)[C@@H](O[C@@H]8O[C@H](CO)[C@@H](O)[C@H](O[C@H]9O[C@H](C)[C@@H](O[C@H]%10O[C@H](C)[C@@H](O)[C@H](O)[C@@H]%10O)[C@H](O)[C@@H]9O)[C@H]8O[C@H]8OC[C@@H](O)[C@H](O)[C@H]8O)[C@H](O)[C@H]7O)[C@H](O)[C@H]6O)CC[C@]5(C)C4CC(=O)[C@]3(C)C1[C@@H]2C. The Balaban J connectivity index is 0.691. The zero-order valence-electron chi connectivity index (χ0n) is 53.1. The highest BCUT2D eigenvalue weighted by atomic mass is 16.8. The van der Waals surface area contributed by atoms with Gasteiger partial charge < -0.3 is 148 Å². The number of rotatable bonds is 15. The summed E-state index contributed by atoms with van der Waals surface area (Å²) in [5.74, 6) is 1.24. The van der Waals surface area contributed by atoms with Crippen LogP contribution in [0, 0.1) is 52.3 Å². The summed E-state index contributed by atoms with van der Waals surface area (Å²) in [5.41, 5.74) is -0.669. The van der Waals surface area contributed by atoms with E-state index >= 15 is 0 Å². The highest BCUT2D eigenvalue weighted by Gasteiger charge is 2.72. The van der Waals surface area contributed by atoms with Crippen molar-refractivity contribution in [3.8, 4) is 0 Å². The van der Waals surface area contributed by atoms with Crippen LogP contribution in [0.15, 0.2) is 0 Å². The van der Waals surface area contributed by atoms with E-state index < -0.39 is 222 Å². The highest BCUT2D eigenvalue weighted by Crippen LogP contribution is 2.70. The van der Waals surface area contributed by atoms with Crippen molar-refractivity contribution in [1.82, 2.24) is 0 Å². The number of carbonyl (C=O) groups is 1. The molecule has 1 spiro atoms. The maximum atomic E-state index is 14.8. The summed E-state index contributed by atoms with van der Waals surface area (Å²) in [6.07, 6.45) is -45.1. The molecule has 8 aliphatic heterocycles. The highest BCUT2D eigenvalue weighted by molar-refractivity contribution is 5.87. The molecule has 0 amide bonds. The average molecular weight is 1340 g/mol. The average Bonchev–Trinajstić information content (AvgIpc) is 1.55. The lowest BCUT2D eigenvalue weighted by Crippen LogP contribution is -2.69. The van der Waals surface area contributed by atoms with E-state index in [0.29, 0.717) is 43.5 Å². The Morgan fingerprint density at radius 3 is 1.63 bits per heavy atom. The van der Waals surface area contributed by atoms with Crippen LogP contribution in [0.4, 0.5) is 0 Å². The summed E-state index contributed by atoms with van der Waals surface area (Å²) >= 11 is 0. The van der Waals surface area contributed by atoms with E-state index in [-0.39, 0.29) is 41.1 Å². The summed E-state index contributed by atoms with van der Waals surface area (Å²) in [6, 6.07) is 0. The molecule has 0 radical (unpaired) electrons. The van der Waals surface area contributed by atoms with Crippen molar-refractivity contribution in [3.05, 3.63) is 0 Å². The minimum Gasteiger partial charge on any atom is -0.394 e. The van der Waals surface area contributed by atoms with Gasteiger partial charge in [-0.2, -0.15) is 0 Å². The molecule has 4 aliphatic carbocycles. The van der Waals surface area contributed by atoms with Crippen LogP contribution in [0.5, 0.6) is 0 Å². The fraction of sp³-hybridized carbons (Fsp3) is 0.984. The Labute approximate surface area is 537 Å². The van der Waals surface area contributed by atoms with Crippen molar-refractivity contribution in [3.63, 3.8) is 0 Å². The van der Waals surface area contributed by atoms with Crippen LogP contribution in [0.25, 0.3) is 0 Å². The molecule has 0 aromatic carbocycles. The number of hydrogen-bond donors (Lipinski definition) is 16. The molecule has 31 nitrogen and oxygen atoms in total. The van der Waals surface area contributed by atoms with Gasteiger partial charge in [0.15, 0.2) is 43.5 Å². The molecule has 12 aliphatic rings. The van der Waals surface area contributed by atoms with Crippen molar-refractivity contribution in [2.24, 2.45) is 52.3 Å². The molecular weight excluding hydrogens is 1240 g/mol. The van der Waals surface area contributed by atoms with Crippen LogP contribution in [0.1, 0.15) is 99.3 Å². The zero-order chi connectivity index (χ0) is 66.8. The lowest BCUT2D eigenvalue weighted by Gasteiger charge is -2.60. The predicted molar refractivity (Wildman–Crippen MR) is 305 cm³/mol. The molecule has 12 fully saturated rings. The largest absolute Gasteiger partial charge is 0.394 e. The lowest BCUT2D eigenvalue weighted by molar-refractivity contribution is -0.408. The zero-order valence-corrected chi connectivity index (χ0v) is 53.1. The van der Waals surface area contributed by atoms with E-state index in [9.17, 15) is 86.5 Å². The molecule has 0 aromatic rings. The third-order valence-corrected chi connectivity index (χ3v) is 24.0. The molecule has 534 valence electrons. The number of Topliss-reactive ketones (excluding diaryl/α,β-unsaturated/α-hetero) is 1. The number of ether oxygens (including phenoxy) is 14. The van der Waals surface area contributed by atoms with Crippen molar-refractivity contribution in [2.45, 2.75) is 295 Å². The molecule has 0 bridgehead atoms. The summed E-state index contributed by atoms with van der Waals surface area (Å²) in [6.45, 7) is 8.92. The first-order chi connectivity index (χ1) is 44.1. The monoisotopic (exact) mass is 1340 g/mol. The summed E-state index contributed by atoms with van der Waals surface area (Å²) in [4.78, 5) is 14.8. The number of aliphatic hydroxyl groups excluding tert-OH is 16. The van der Waals surface area contributed by atoms with E-state index in [1.165, 1.54) is 13.8 Å². The van der Waals surface area contributed by atoms with Gasteiger partial charge in [0.25, 0.3) is 0 Å². The topological polar surface area (TPSA) is 470 Å². The van der Waals surface area contributed by atoms with Gasteiger partial charge in [-0.15, -0.1) is 0 Å². The normalized spacial score (nSPS) is 57.5. The first-order valence-electron chi connectivity index (χ1n) is 33.4. The van der Waals surface area contributed by atoms with Crippen molar-refractivity contribution in [2.75, 3.05) is 33.0 Å². The van der Waals surface area contributed by atoms with Crippen molar-refractivity contribution in [1.29, 1.82) is 0 Å². The third-order valence-electron chi connectivity index (χ3n) is 24.0. The Kier molecular flexibility index (Phi) is 21.3. The molecule has 4 saturated carbocycles. The maximum Gasteiger partial charge on any atom is 0.187 e. The van der Waals surface area contributed by atoms with Gasteiger partial charge in [-0.05, 0) is 93.8 Å². The third kappa shape index (κ3) is 12.6. The van der Waals surface area contributed by atoms with Crippen LogP contribution in [-0.2, 0) is 71.1 Å². The van der Waals surface area contributed by atoms with Crippen LogP contribution >= 0.6 is 0 Å². The molecular formula is C62H100O31. The molecule has 41 atom stereocenters. The Morgan fingerprint density at radius 1 is 0.473 bits per heavy atom. The summed E-state index contributed by atoms with van der Waals surface area (Å²) in [7, 11) is 0. The van der Waals surface area contributed by atoms with E-state index in [2.05, 4.69) is 27.7 Å². The number of ketones is 1. The number of hydrogen-bond acceptors (Lipinski definition) is 31. The van der Waals surface area contributed by atoms with Crippen LogP contribution in [0.3, 0.4) is 0 Å². The van der Waals surface area contributed by atoms with Crippen molar-refractivity contribution < 1.29 is 153 Å². The van der Waals surface area contributed by atoms with Crippen LogP contribution < -0.4 is 0 Å². The molecule has 16 N–H and O–H groups in total. The molecule has 93 heavy (non-hydrogen) atoms. The van der Waals surface area contributed by atoms with Gasteiger partial charge in [0.1, 0.15) is 134 Å².